The topological polar surface area (TPSA) is 68.1 Å². The van der Waals surface area contributed by atoms with Gasteiger partial charge in [-0.3, -0.25) is 0 Å². The van der Waals surface area contributed by atoms with Gasteiger partial charge in [0, 0.05) is 18.9 Å². The molecule has 0 saturated carbocycles. The Bertz CT molecular complexity index is 449. The predicted octanol–water partition coefficient (Wildman–Crippen LogP) is 3.68. The third-order valence-corrected chi connectivity index (χ3v) is 4.11. The number of oxime groups is 1. The number of nitrogens with one attached hydrogen (secondary N) is 1. The zero-order valence-electron chi connectivity index (χ0n) is 14.6. The van der Waals surface area contributed by atoms with Crippen molar-refractivity contribution < 1.29 is 10.4 Å². The molecule has 3 N–H and O–H groups in total. The first-order valence-corrected chi connectivity index (χ1v) is 8.42. The van der Waals surface area contributed by atoms with Crippen molar-refractivity contribution in [3.8, 4) is 0 Å². The van der Waals surface area contributed by atoms with Crippen LogP contribution in [0.2, 0.25) is 0 Å². The van der Waals surface area contributed by atoms with Crippen LogP contribution in [0.5, 0.6) is 0 Å². The average molecular weight is 321 g/mol. The number of hydrogen-bond donors (Lipinski definition) is 3. The fourth-order valence-electron chi connectivity index (χ4n) is 2.87. The first-order valence-electron chi connectivity index (χ1n) is 8.42. The van der Waals surface area contributed by atoms with Crippen molar-refractivity contribution in [3.05, 3.63) is 35.9 Å². The van der Waals surface area contributed by atoms with Crippen LogP contribution in [0, 0.1) is 5.92 Å². The highest BCUT2D eigenvalue weighted by molar-refractivity contribution is 5.87. The molecule has 0 aliphatic rings. The van der Waals surface area contributed by atoms with Crippen LogP contribution >= 0.6 is 0 Å². The number of rotatable bonds is 11. The Labute approximate surface area is 140 Å². The molecule has 1 aromatic carbocycles. The molecule has 0 spiro atoms. The molecule has 0 radical (unpaired) electrons. The van der Waals surface area contributed by atoms with Crippen LogP contribution < -0.4 is 5.48 Å². The summed E-state index contributed by atoms with van der Waals surface area (Å²) in [5.41, 5.74) is 4.07. The molecule has 1 rings (SSSR count). The Hall–Kier alpha value is -1.43. The van der Waals surface area contributed by atoms with Crippen LogP contribution in [-0.4, -0.2) is 41.7 Å². The van der Waals surface area contributed by atoms with Crippen LogP contribution in [0.1, 0.15) is 50.6 Å². The predicted molar refractivity (Wildman–Crippen MR) is 94.1 cm³/mol. The van der Waals surface area contributed by atoms with Gasteiger partial charge >= 0.3 is 0 Å². The Morgan fingerprint density at radius 2 is 1.91 bits per heavy atom. The van der Waals surface area contributed by atoms with Gasteiger partial charge in [-0.1, -0.05) is 61.7 Å². The molecule has 1 aromatic rings. The Balaban J connectivity index is 2.80. The highest BCUT2D eigenvalue weighted by Gasteiger charge is 2.22. The standard InChI is InChI=1S/C18H31N3O2/c1-4-5-7-12-16(14-21(2)3)18(20-23)13-17(19-22)15-10-8-6-9-11-15/h6,8-11,16-17,19,22-23H,4-5,7,12-14H2,1-3H3. The van der Waals surface area contributed by atoms with E-state index in [1.54, 1.807) is 0 Å². The van der Waals surface area contributed by atoms with Crippen LogP contribution in [0.4, 0.5) is 0 Å². The molecule has 5 nitrogen and oxygen atoms in total. The van der Waals surface area contributed by atoms with E-state index in [2.05, 4.69) is 22.5 Å². The van der Waals surface area contributed by atoms with Crippen LogP contribution in [0.25, 0.3) is 0 Å². The third-order valence-electron chi connectivity index (χ3n) is 4.11. The van der Waals surface area contributed by atoms with Crippen molar-refractivity contribution >= 4 is 5.71 Å². The molecule has 0 heterocycles. The van der Waals surface area contributed by atoms with Crippen molar-refractivity contribution in [2.75, 3.05) is 20.6 Å². The van der Waals surface area contributed by atoms with E-state index in [1.807, 2.05) is 44.4 Å². The largest absolute Gasteiger partial charge is 0.411 e. The van der Waals surface area contributed by atoms with Crippen molar-refractivity contribution in [1.82, 2.24) is 10.4 Å². The van der Waals surface area contributed by atoms with Crippen molar-refractivity contribution in [2.24, 2.45) is 11.1 Å². The minimum absolute atomic E-state index is 0.195. The third kappa shape index (κ3) is 7.12. The maximum atomic E-state index is 9.52. The second-order valence-electron chi connectivity index (χ2n) is 6.34. The second kappa shape index (κ2) is 11.2. The molecule has 2 unspecified atom stereocenters. The van der Waals surface area contributed by atoms with Gasteiger partial charge in [-0.2, -0.15) is 5.48 Å². The molecule has 2 atom stereocenters. The molecule has 0 bridgehead atoms. The summed E-state index contributed by atoms with van der Waals surface area (Å²) in [5, 5.41) is 22.6. The van der Waals surface area contributed by atoms with Gasteiger partial charge in [0.2, 0.25) is 0 Å². The Kier molecular flexibility index (Phi) is 9.52. The lowest BCUT2D eigenvalue weighted by Gasteiger charge is -2.24. The van der Waals surface area contributed by atoms with Crippen molar-refractivity contribution in [1.29, 1.82) is 0 Å². The van der Waals surface area contributed by atoms with Crippen LogP contribution in [0.3, 0.4) is 0 Å². The summed E-state index contributed by atoms with van der Waals surface area (Å²) in [4.78, 5) is 2.12. The molecule has 130 valence electrons. The van der Waals surface area contributed by atoms with Gasteiger partial charge in [0.15, 0.2) is 0 Å². The van der Waals surface area contributed by atoms with Gasteiger partial charge in [0.25, 0.3) is 0 Å². The monoisotopic (exact) mass is 321 g/mol. The van der Waals surface area contributed by atoms with E-state index in [-0.39, 0.29) is 12.0 Å². The summed E-state index contributed by atoms with van der Waals surface area (Å²) in [7, 11) is 4.06. The van der Waals surface area contributed by atoms with E-state index in [0.717, 1.165) is 30.7 Å². The quantitative estimate of drug-likeness (QED) is 0.252. The lowest BCUT2D eigenvalue weighted by Crippen LogP contribution is -2.31. The van der Waals surface area contributed by atoms with Gasteiger partial charge < -0.3 is 15.3 Å². The van der Waals surface area contributed by atoms with E-state index >= 15 is 0 Å². The molecule has 0 aromatic heterocycles. The first-order chi connectivity index (χ1) is 11.1. The van der Waals surface area contributed by atoms with Gasteiger partial charge in [-0.15, -0.1) is 0 Å². The average Bonchev–Trinajstić information content (AvgIpc) is 2.56. The molecule has 0 fully saturated rings. The summed E-state index contributed by atoms with van der Waals surface area (Å²) in [6.45, 7) is 3.03. The van der Waals surface area contributed by atoms with E-state index in [1.165, 1.54) is 12.8 Å². The summed E-state index contributed by atoms with van der Waals surface area (Å²) in [6.07, 6.45) is 4.96. The highest BCUT2D eigenvalue weighted by atomic mass is 16.5. The molecule has 0 saturated heterocycles. The number of unbranched alkanes of at least 4 members (excludes halogenated alkanes) is 2. The Morgan fingerprint density at radius 3 is 2.43 bits per heavy atom. The fraction of sp³-hybridized carbons (Fsp3) is 0.611. The highest BCUT2D eigenvalue weighted by Crippen LogP contribution is 2.22. The summed E-state index contributed by atoms with van der Waals surface area (Å²) in [5.74, 6) is 0.195. The first kappa shape index (κ1) is 19.6. The van der Waals surface area contributed by atoms with E-state index in [4.69, 9.17) is 0 Å². The van der Waals surface area contributed by atoms with Crippen molar-refractivity contribution in [2.45, 2.75) is 45.1 Å². The molecule has 0 aliphatic carbocycles. The number of hydrogen-bond acceptors (Lipinski definition) is 5. The van der Waals surface area contributed by atoms with Gasteiger partial charge in [0.05, 0.1) is 11.8 Å². The minimum Gasteiger partial charge on any atom is -0.411 e. The van der Waals surface area contributed by atoms with Crippen LogP contribution in [0.15, 0.2) is 35.5 Å². The Morgan fingerprint density at radius 1 is 1.22 bits per heavy atom. The molecule has 0 amide bonds. The number of benzene rings is 1. The maximum absolute atomic E-state index is 9.52. The molecule has 23 heavy (non-hydrogen) atoms. The summed E-state index contributed by atoms with van der Waals surface area (Å²) >= 11 is 0. The summed E-state index contributed by atoms with van der Waals surface area (Å²) in [6, 6.07) is 9.47. The molecule has 0 aliphatic heterocycles. The van der Waals surface area contributed by atoms with Gasteiger partial charge in [-0.25, -0.2) is 0 Å². The molecule has 5 heteroatoms. The van der Waals surface area contributed by atoms with Crippen molar-refractivity contribution in [3.63, 3.8) is 0 Å². The normalized spacial score (nSPS) is 14.9. The van der Waals surface area contributed by atoms with Gasteiger partial charge in [-0.05, 0) is 26.1 Å². The minimum atomic E-state index is -0.266. The second-order valence-corrected chi connectivity index (χ2v) is 6.34. The SMILES string of the molecule is CCCCCC(CN(C)C)C(CC(NO)c1ccccc1)=NO. The maximum Gasteiger partial charge on any atom is 0.0634 e. The summed E-state index contributed by atoms with van der Waals surface area (Å²) < 4.78 is 0. The zero-order chi connectivity index (χ0) is 17.1. The molecular weight excluding hydrogens is 290 g/mol. The van der Waals surface area contributed by atoms with Gasteiger partial charge in [0.1, 0.15) is 0 Å². The van der Waals surface area contributed by atoms with Crippen LogP contribution in [-0.2, 0) is 0 Å². The van der Waals surface area contributed by atoms with E-state index in [0.29, 0.717) is 6.42 Å². The lowest BCUT2D eigenvalue weighted by atomic mass is 9.90. The fourth-order valence-corrected chi connectivity index (χ4v) is 2.87. The number of hydroxylamine groups is 1. The molecular formula is C18H31N3O2. The number of nitrogens with zero attached hydrogens (tertiary/aromatic N) is 2. The lowest BCUT2D eigenvalue weighted by molar-refractivity contribution is 0.127. The van der Waals surface area contributed by atoms with E-state index in [9.17, 15) is 10.4 Å². The van der Waals surface area contributed by atoms with E-state index < -0.39 is 0 Å². The zero-order valence-corrected chi connectivity index (χ0v) is 14.6. The smallest absolute Gasteiger partial charge is 0.0634 e.